The van der Waals surface area contributed by atoms with E-state index < -0.39 is 0 Å². The van der Waals surface area contributed by atoms with E-state index in [0.29, 0.717) is 18.2 Å². The van der Waals surface area contributed by atoms with E-state index >= 15 is 0 Å². The summed E-state index contributed by atoms with van der Waals surface area (Å²) in [6, 6.07) is 5.31. The van der Waals surface area contributed by atoms with Crippen LogP contribution in [-0.2, 0) is 4.79 Å². The van der Waals surface area contributed by atoms with Gasteiger partial charge in [-0.3, -0.25) is 4.79 Å². The fourth-order valence-electron chi connectivity index (χ4n) is 2.40. The second-order valence-corrected chi connectivity index (χ2v) is 5.06. The van der Waals surface area contributed by atoms with Crippen LogP contribution in [0, 0.1) is 0 Å². The summed E-state index contributed by atoms with van der Waals surface area (Å²) in [5.41, 5.74) is 0. The van der Waals surface area contributed by atoms with E-state index in [-0.39, 0.29) is 12.0 Å². The molecule has 6 heteroatoms. The van der Waals surface area contributed by atoms with E-state index in [1.165, 1.54) is 12.4 Å². The third kappa shape index (κ3) is 3.72. The normalized spacial score (nSPS) is 18.5. The number of likely N-dealkylation sites (tertiary alicyclic amines) is 1. The van der Waals surface area contributed by atoms with Gasteiger partial charge in [0.1, 0.15) is 18.2 Å². The lowest BCUT2D eigenvalue weighted by molar-refractivity contribution is -0.128. The maximum absolute atomic E-state index is 12.2. The summed E-state index contributed by atoms with van der Waals surface area (Å²) in [5.74, 6) is 1.17. The highest BCUT2D eigenvalue weighted by atomic mass is 16.5. The average molecular weight is 299 g/mol. The van der Waals surface area contributed by atoms with Crippen LogP contribution in [0.2, 0.25) is 0 Å². The minimum absolute atomic E-state index is 0.0348. The van der Waals surface area contributed by atoms with Crippen LogP contribution in [0.3, 0.4) is 0 Å². The van der Waals surface area contributed by atoms with Gasteiger partial charge < -0.3 is 14.1 Å². The third-order valence-corrected chi connectivity index (χ3v) is 3.47. The van der Waals surface area contributed by atoms with Crippen molar-refractivity contribution >= 4 is 12.0 Å². The molecule has 2 aromatic rings. The van der Waals surface area contributed by atoms with E-state index in [9.17, 15) is 4.79 Å². The van der Waals surface area contributed by atoms with Gasteiger partial charge in [0, 0.05) is 24.9 Å². The molecule has 1 atom stereocenters. The topological polar surface area (TPSA) is 68.5 Å². The van der Waals surface area contributed by atoms with Crippen LogP contribution in [0.5, 0.6) is 5.88 Å². The second-order valence-electron chi connectivity index (χ2n) is 5.06. The zero-order valence-corrected chi connectivity index (χ0v) is 12.1. The Hall–Kier alpha value is -2.63. The molecule has 0 N–H and O–H groups in total. The number of carbonyl (C=O) groups is 1. The molecule has 0 aromatic carbocycles. The van der Waals surface area contributed by atoms with Crippen LogP contribution in [-0.4, -0.2) is 40.0 Å². The maximum atomic E-state index is 12.2. The van der Waals surface area contributed by atoms with Gasteiger partial charge in [-0.15, -0.1) is 0 Å². The summed E-state index contributed by atoms with van der Waals surface area (Å²) in [4.78, 5) is 21.9. The molecular formula is C16H17N3O3. The van der Waals surface area contributed by atoms with Crippen LogP contribution in [0.1, 0.15) is 18.6 Å². The summed E-state index contributed by atoms with van der Waals surface area (Å²) < 4.78 is 11.0. The lowest BCUT2D eigenvalue weighted by atomic mass is 10.1. The summed E-state index contributed by atoms with van der Waals surface area (Å²) in [6.07, 6.45) is 9.67. The van der Waals surface area contributed by atoms with Gasteiger partial charge in [0.2, 0.25) is 11.8 Å². The molecule has 22 heavy (non-hydrogen) atoms. The Balaban J connectivity index is 1.57. The van der Waals surface area contributed by atoms with Crippen molar-refractivity contribution in [2.45, 2.75) is 18.9 Å². The van der Waals surface area contributed by atoms with Crippen molar-refractivity contribution in [1.29, 1.82) is 0 Å². The predicted molar refractivity (Wildman–Crippen MR) is 80.0 cm³/mol. The van der Waals surface area contributed by atoms with Crippen LogP contribution >= 0.6 is 0 Å². The second kappa shape index (κ2) is 6.89. The summed E-state index contributed by atoms with van der Waals surface area (Å²) in [5, 5.41) is 0. The predicted octanol–water partition coefficient (Wildman–Crippen LogP) is 2.15. The van der Waals surface area contributed by atoms with Crippen molar-refractivity contribution in [1.82, 2.24) is 14.9 Å². The highest BCUT2D eigenvalue weighted by molar-refractivity contribution is 5.91. The molecule has 0 saturated carbocycles. The fourth-order valence-corrected chi connectivity index (χ4v) is 2.40. The average Bonchev–Trinajstić information content (AvgIpc) is 3.07. The molecule has 0 bridgehead atoms. The van der Waals surface area contributed by atoms with E-state index in [4.69, 9.17) is 9.15 Å². The van der Waals surface area contributed by atoms with Gasteiger partial charge >= 0.3 is 0 Å². The van der Waals surface area contributed by atoms with E-state index in [1.54, 1.807) is 41.6 Å². The first-order chi connectivity index (χ1) is 10.8. The molecule has 0 spiro atoms. The summed E-state index contributed by atoms with van der Waals surface area (Å²) in [7, 11) is 0. The van der Waals surface area contributed by atoms with Gasteiger partial charge in [0.15, 0.2) is 0 Å². The van der Waals surface area contributed by atoms with E-state index in [0.717, 1.165) is 19.4 Å². The van der Waals surface area contributed by atoms with E-state index in [1.807, 2.05) is 0 Å². The van der Waals surface area contributed by atoms with Gasteiger partial charge in [-0.2, -0.15) is 0 Å². The van der Waals surface area contributed by atoms with Gasteiger partial charge in [-0.05, 0) is 31.1 Å². The molecule has 2 aromatic heterocycles. The SMILES string of the molecule is O=C(/C=C/c1ccco1)N1CCCC(Oc2ccncn2)C1. The maximum Gasteiger partial charge on any atom is 0.246 e. The smallest absolute Gasteiger partial charge is 0.246 e. The summed E-state index contributed by atoms with van der Waals surface area (Å²) >= 11 is 0. The highest BCUT2D eigenvalue weighted by Gasteiger charge is 2.24. The monoisotopic (exact) mass is 299 g/mol. The van der Waals surface area contributed by atoms with Crippen molar-refractivity contribution < 1.29 is 13.9 Å². The van der Waals surface area contributed by atoms with Crippen molar-refractivity contribution in [3.63, 3.8) is 0 Å². The molecule has 3 heterocycles. The molecule has 1 saturated heterocycles. The van der Waals surface area contributed by atoms with E-state index in [2.05, 4.69) is 9.97 Å². The number of ether oxygens (including phenoxy) is 1. The molecule has 114 valence electrons. The third-order valence-electron chi connectivity index (χ3n) is 3.47. The minimum Gasteiger partial charge on any atom is -0.472 e. The van der Waals surface area contributed by atoms with Gasteiger partial charge in [0.25, 0.3) is 0 Å². The number of rotatable bonds is 4. The Morgan fingerprint density at radius 3 is 3.18 bits per heavy atom. The zero-order valence-electron chi connectivity index (χ0n) is 12.1. The van der Waals surface area contributed by atoms with Crippen LogP contribution < -0.4 is 4.74 Å². The number of amides is 1. The molecule has 1 aliphatic rings. The standard InChI is InChI=1S/C16H17N3O3/c20-16(6-5-13-4-2-10-21-13)19-9-1-3-14(11-19)22-15-7-8-17-12-18-15/h2,4-8,10,12,14H,1,3,9,11H2/b6-5+. The first-order valence-corrected chi connectivity index (χ1v) is 7.24. The van der Waals surface area contributed by atoms with Gasteiger partial charge in [0.05, 0.1) is 12.8 Å². The number of aromatic nitrogens is 2. The molecule has 1 fully saturated rings. The minimum atomic E-state index is -0.0374. The molecule has 1 amide bonds. The Morgan fingerprint density at radius 2 is 2.41 bits per heavy atom. The lowest BCUT2D eigenvalue weighted by Gasteiger charge is -2.31. The van der Waals surface area contributed by atoms with Crippen molar-refractivity contribution in [3.05, 3.63) is 48.8 Å². The van der Waals surface area contributed by atoms with Crippen molar-refractivity contribution in [2.24, 2.45) is 0 Å². The molecule has 0 aliphatic carbocycles. The van der Waals surface area contributed by atoms with Crippen molar-refractivity contribution in [2.75, 3.05) is 13.1 Å². The quantitative estimate of drug-likeness (QED) is 0.809. The molecule has 1 aliphatic heterocycles. The van der Waals surface area contributed by atoms with Crippen LogP contribution in [0.4, 0.5) is 0 Å². The van der Waals surface area contributed by atoms with Crippen LogP contribution in [0.15, 0.2) is 47.5 Å². The van der Waals surface area contributed by atoms with Gasteiger partial charge in [-0.1, -0.05) is 0 Å². The first kappa shape index (κ1) is 14.3. The molecule has 3 rings (SSSR count). The summed E-state index contributed by atoms with van der Waals surface area (Å²) in [6.45, 7) is 1.30. The lowest BCUT2D eigenvalue weighted by Crippen LogP contribution is -2.43. The fraction of sp³-hybridized carbons (Fsp3) is 0.312. The molecule has 6 nitrogen and oxygen atoms in total. The van der Waals surface area contributed by atoms with Crippen molar-refractivity contribution in [3.8, 4) is 5.88 Å². The first-order valence-electron chi connectivity index (χ1n) is 7.24. The highest BCUT2D eigenvalue weighted by Crippen LogP contribution is 2.16. The number of nitrogens with zero attached hydrogens (tertiary/aromatic N) is 3. The molecular weight excluding hydrogens is 282 g/mol. The van der Waals surface area contributed by atoms with Gasteiger partial charge in [-0.25, -0.2) is 9.97 Å². The molecule has 1 unspecified atom stereocenters. The number of furan rings is 1. The number of hydrogen-bond donors (Lipinski definition) is 0. The number of piperidine rings is 1. The Morgan fingerprint density at radius 1 is 1.45 bits per heavy atom. The Kier molecular flexibility index (Phi) is 4.48. The Bertz CT molecular complexity index is 625. The molecule has 0 radical (unpaired) electrons. The zero-order chi connectivity index (χ0) is 15.2. The Labute approximate surface area is 128 Å². The number of carbonyl (C=O) groups excluding carboxylic acids is 1. The van der Waals surface area contributed by atoms with Crippen LogP contribution in [0.25, 0.3) is 6.08 Å². The number of hydrogen-bond acceptors (Lipinski definition) is 5. The largest absolute Gasteiger partial charge is 0.472 e.